The number of carbonyl (C=O) groups excluding carboxylic acids is 1. The van der Waals surface area contributed by atoms with Gasteiger partial charge in [-0.1, -0.05) is 11.2 Å². The minimum Gasteiger partial charge on any atom is -0.377 e. The van der Waals surface area contributed by atoms with E-state index in [1.807, 2.05) is 19.1 Å². The molecule has 0 unspecified atom stereocenters. The maximum Gasteiger partial charge on any atom is 0.256 e. The Bertz CT molecular complexity index is 1260. The Morgan fingerprint density at radius 2 is 2.03 bits per heavy atom. The number of nitrogens with zero attached hydrogens (tertiary/aromatic N) is 6. The molecule has 1 atom stereocenters. The molecule has 0 spiro atoms. The van der Waals surface area contributed by atoms with Crippen LogP contribution < -0.4 is 0 Å². The molecule has 168 valence electrons. The van der Waals surface area contributed by atoms with Crippen LogP contribution in [-0.4, -0.2) is 61.7 Å². The van der Waals surface area contributed by atoms with Gasteiger partial charge in [-0.3, -0.25) is 4.79 Å². The van der Waals surface area contributed by atoms with Crippen molar-refractivity contribution in [3.63, 3.8) is 0 Å². The monoisotopic (exact) mass is 448 g/mol. The van der Waals surface area contributed by atoms with Gasteiger partial charge < -0.3 is 14.2 Å². The van der Waals surface area contributed by atoms with E-state index in [1.165, 1.54) is 17.3 Å². The number of halogens is 1. The van der Waals surface area contributed by atoms with Crippen LogP contribution in [0.1, 0.15) is 21.5 Å². The average Bonchev–Trinajstić information content (AvgIpc) is 3.55. The molecule has 9 nitrogen and oxygen atoms in total. The maximum atomic E-state index is 14.7. The lowest BCUT2D eigenvalue weighted by Crippen LogP contribution is -2.50. The molecule has 0 N–H and O–H groups in total. The fraction of sp³-hybridized carbons (Fsp3) is 0.261. The van der Waals surface area contributed by atoms with Crippen molar-refractivity contribution in [3.8, 4) is 17.1 Å². The lowest BCUT2D eigenvalue weighted by atomic mass is 9.99. The number of amides is 1. The first-order valence-corrected chi connectivity index (χ1v) is 10.5. The van der Waals surface area contributed by atoms with Crippen LogP contribution in [0.25, 0.3) is 17.1 Å². The van der Waals surface area contributed by atoms with Crippen molar-refractivity contribution in [2.24, 2.45) is 0 Å². The third kappa shape index (κ3) is 4.24. The first-order chi connectivity index (χ1) is 16.1. The second-order valence-corrected chi connectivity index (χ2v) is 7.83. The molecule has 1 aliphatic rings. The van der Waals surface area contributed by atoms with E-state index in [0.717, 1.165) is 5.56 Å². The van der Waals surface area contributed by atoms with E-state index in [2.05, 4.69) is 20.3 Å². The van der Waals surface area contributed by atoms with Crippen molar-refractivity contribution in [1.82, 2.24) is 30.0 Å². The summed E-state index contributed by atoms with van der Waals surface area (Å²) in [5, 5.41) is 12.2. The number of aryl methyl sites for hydroxylation is 1. The van der Waals surface area contributed by atoms with Crippen LogP contribution in [-0.2, 0) is 11.2 Å². The first kappa shape index (κ1) is 21.0. The summed E-state index contributed by atoms with van der Waals surface area (Å²) in [7, 11) is 0. The van der Waals surface area contributed by atoms with Crippen molar-refractivity contribution in [2.75, 3.05) is 19.8 Å². The molecule has 1 aliphatic heterocycles. The molecule has 33 heavy (non-hydrogen) atoms. The molecule has 1 fully saturated rings. The summed E-state index contributed by atoms with van der Waals surface area (Å²) in [6.45, 7) is 3.06. The molecule has 4 aromatic rings. The van der Waals surface area contributed by atoms with Gasteiger partial charge in [0.15, 0.2) is 0 Å². The van der Waals surface area contributed by atoms with E-state index in [1.54, 1.807) is 35.5 Å². The molecule has 0 aliphatic carbocycles. The molecule has 2 aromatic heterocycles. The summed E-state index contributed by atoms with van der Waals surface area (Å²) >= 11 is 0. The Kier molecular flexibility index (Phi) is 5.66. The standard InChI is InChI=1S/C23H21FN6O3/c1-15-2-4-19(21(10-15)30-26-6-7-27-30)23(31)29-8-9-32-13-18(29)12-17-11-16(3-5-20(17)24)22-25-14-33-28-22/h2-7,10-11,14,18H,8-9,12-13H2,1H3/t18-/m1/s1. The highest BCUT2D eigenvalue weighted by Crippen LogP contribution is 2.24. The molecule has 1 amide bonds. The molecule has 0 saturated carbocycles. The topological polar surface area (TPSA) is 99.2 Å². The summed E-state index contributed by atoms with van der Waals surface area (Å²) in [6, 6.07) is 9.84. The van der Waals surface area contributed by atoms with Gasteiger partial charge in [0.25, 0.3) is 5.91 Å². The minimum absolute atomic E-state index is 0.176. The smallest absolute Gasteiger partial charge is 0.256 e. The quantitative estimate of drug-likeness (QED) is 0.463. The lowest BCUT2D eigenvalue weighted by Gasteiger charge is -2.36. The summed E-state index contributed by atoms with van der Waals surface area (Å²) < 4.78 is 25.1. The van der Waals surface area contributed by atoms with E-state index >= 15 is 0 Å². The average molecular weight is 448 g/mol. The molecular formula is C23H21FN6O3. The van der Waals surface area contributed by atoms with E-state index in [9.17, 15) is 9.18 Å². The van der Waals surface area contributed by atoms with Crippen molar-refractivity contribution in [1.29, 1.82) is 0 Å². The van der Waals surface area contributed by atoms with Gasteiger partial charge in [0.2, 0.25) is 12.2 Å². The third-order valence-electron chi connectivity index (χ3n) is 5.63. The SMILES string of the molecule is Cc1ccc(C(=O)N2CCOC[C@H]2Cc2cc(-c3ncon3)ccc2F)c(-n2nccn2)c1. The number of ether oxygens (including phenoxy) is 1. The van der Waals surface area contributed by atoms with Crippen LogP contribution in [0.3, 0.4) is 0 Å². The Labute approximate surface area is 188 Å². The number of hydrogen-bond acceptors (Lipinski definition) is 7. The van der Waals surface area contributed by atoms with Crippen molar-refractivity contribution >= 4 is 5.91 Å². The first-order valence-electron chi connectivity index (χ1n) is 10.5. The van der Waals surface area contributed by atoms with Crippen LogP contribution in [0, 0.1) is 12.7 Å². The molecule has 0 bridgehead atoms. The van der Waals surface area contributed by atoms with Crippen LogP contribution in [0.15, 0.2) is 59.7 Å². The van der Waals surface area contributed by atoms with Crippen molar-refractivity contribution < 1.29 is 18.4 Å². The molecule has 10 heteroatoms. The number of rotatable bonds is 5. The van der Waals surface area contributed by atoms with Gasteiger partial charge in [-0.2, -0.15) is 20.0 Å². The van der Waals surface area contributed by atoms with Gasteiger partial charge in [0, 0.05) is 12.1 Å². The van der Waals surface area contributed by atoms with E-state index in [0.29, 0.717) is 48.0 Å². The molecular weight excluding hydrogens is 427 g/mol. The summed E-state index contributed by atoms with van der Waals surface area (Å²) in [5.74, 6) is -0.164. The summed E-state index contributed by atoms with van der Waals surface area (Å²) in [4.78, 5) is 20.8. The minimum atomic E-state index is -0.364. The van der Waals surface area contributed by atoms with Gasteiger partial charge in [0.1, 0.15) is 5.82 Å². The Morgan fingerprint density at radius 1 is 1.18 bits per heavy atom. The maximum absolute atomic E-state index is 14.7. The Morgan fingerprint density at radius 3 is 2.82 bits per heavy atom. The second kappa shape index (κ2) is 8.91. The van der Waals surface area contributed by atoms with Gasteiger partial charge in [-0.05, 0) is 54.8 Å². The third-order valence-corrected chi connectivity index (χ3v) is 5.63. The van der Waals surface area contributed by atoms with Crippen molar-refractivity contribution in [3.05, 3.63) is 77.7 Å². The van der Waals surface area contributed by atoms with E-state index in [-0.39, 0.29) is 24.2 Å². The Hall–Kier alpha value is -3.92. The largest absolute Gasteiger partial charge is 0.377 e. The normalized spacial score (nSPS) is 16.2. The molecule has 1 saturated heterocycles. The van der Waals surface area contributed by atoms with Crippen molar-refractivity contribution in [2.45, 2.75) is 19.4 Å². The zero-order valence-electron chi connectivity index (χ0n) is 17.9. The van der Waals surface area contributed by atoms with E-state index < -0.39 is 0 Å². The number of carbonyl (C=O) groups is 1. The predicted molar refractivity (Wildman–Crippen MR) is 115 cm³/mol. The zero-order valence-corrected chi connectivity index (χ0v) is 17.9. The predicted octanol–water partition coefficient (Wildman–Crippen LogP) is 2.85. The molecule has 0 radical (unpaired) electrons. The molecule has 3 heterocycles. The fourth-order valence-corrected chi connectivity index (χ4v) is 4.00. The highest BCUT2D eigenvalue weighted by molar-refractivity contribution is 5.98. The highest BCUT2D eigenvalue weighted by atomic mass is 19.1. The summed E-state index contributed by atoms with van der Waals surface area (Å²) in [6.07, 6.45) is 4.63. The van der Waals surface area contributed by atoms with Crippen LogP contribution in [0.5, 0.6) is 0 Å². The van der Waals surface area contributed by atoms with Crippen LogP contribution >= 0.6 is 0 Å². The van der Waals surface area contributed by atoms with Gasteiger partial charge in [-0.15, -0.1) is 0 Å². The van der Waals surface area contributed by atoms with Crippen LogP contribution in [0.4, 0.5) is 4.39 Å². The van der Waals surface area contributed by atoms with E-state index in [4.69, 9.17) is 9.26 Å². The number of benzene rings is 2. The Balaban J connectivity index is 1.45. The second-order valence-electron chi connectivity index (χ2n) is 7.83. The van der Waals surface area contributed by atoms with Gasteiger partial charge >= 0.3 is 0 Å². The lowest BCUT2D eigenvalue weighted by molar-refractivity contribution is -0.00185. The fourth-order valence-electron chi connectivity index (χ4n) is 4.00. The number of morpholine rings is 1. The molecule has 5 rings (SSSR count). The number of hydrogen-bond donors (Lipinski definition) is 0. The highest BCUT2D eigenvalue weighted by Gasteiger charge is 2.31. The summed E-state index contributed by atoms with van der Waals surface area (Å²) in [5.41, 5.74) is 3.15. The number of aromatic nitrogens is 5. The van der Waals surface area contributed by atoms with Gasteiger partial charge in [0.05, 0.1) is 42.9 Å². The zero-order chi connectivity index (χ0) is 22.8. The molecule has 2 aromatic carbocycles. The van der Waals surface area contributed by atoms with Crippen LogP contribution in [0.2, 0.25) is 0 Å². The van der Waals surface area contributed by atoms with Gasteiger partial charge in [-0.25, -0.2) is 4.39 Å².